The predicted molar refractivity (Wildman–Crippen MR) is 88.1 cm³/mol. The van der Waals surface area contributed by atoms with Crippen LogP contribution in [0, 0.1) is 12.7 Å². The Bertz CT molecular complexity index is 752. The van der Waals surface area contributed by atoms with Crippen molar-refractivity contribution >= 4 is 33.0 Å². The Kier molecular flexibility index (Phi) is 4.07. The van der Waals surface area contributed by atoms with E-state index in [4.69, 9.17) is 0 Å². The molecule has 0 unspecified atom stereocenters. The lowest BCUT2D eigenvalue weighted by molar-refractivity contribution is 0.620. The van der Waals surface area contributed by atoms with Gasteiger partial charge in [-0.15, -0.1) is 11.3 Å². The molecule has 0 aliphatic carbocycles. The number of aromatic amines is 1. The van der Waals surface area contributed by atoms with E-state index in [1.807, 2.05) is 24.6 Å². The molecule has 0 bridgehead atoms. The number of rotatable bonds is 4. The molecule has 1 aromatic carbocycles. The lowest BCUT2D eigenvalue weighted by atomic mass is 10.1. The van der Waals surface area contributed by atoms with Gasteiger partial charge in [-0.05, 0) is 52.0 Å². The second-order valence-corrected chi connectivity index (χ2v) is 6.48. The molecule has 0 aliphatic rings. The number of thiophene rings is 1. The fourth-order valence-electron chi connectivity index (χ4n) is 2.11. The molecule has 0 amide bonds. The third-order valence-corrected chi connectivity index (χ3v) is 4.72. The van der Waals surface area contributed by atoms with Crippen LogP contribution in [-0.2, 0) is 6.54 Å². The smallest absolute Gasteiger partial charge is 0.137 e. The summed E-state index contributed by atoms with van der Waals surface area (Å²) < 4.78 is 13.9. The molecule has 6 heteroatoms. The summed E-state index contributed by atoms with van der Waals surface area (Å²) in [6.07, 6.45) is 1.82. The van der Waals surface area contributed by atoms with Gasteiger partial charge in [0.25, 0.3) is 0 Å². The van der Waals surface area contributed by atoms with Gasteiger partial charge in [0.15, 0.2) is 0 Å². The van der Waals surface area contributed by atoms with Crippen molar-refractivity contribution in [2.45, 2.75) is 13.5 Å². The SMILES string of the molecule is Cc1cc(F)c(Br)cc1NCc1cn[nH]c1-c1cccs1. The summed E-state index contributed by atoms with van der Waals surface area (Å²) in [5.74, 6) is -0.249. The Labute approximate surface area is 134 Å². The first-order valence-corrected chi connectivity index (χ1v) is 8.08. The van der Waals surface area contributed by atoms with Crippen molar-refractivity contribution in [1.29, 1.82) is 0 Å². The van der Waals surface area contributed by atoms with Crippen molar-refractivity contribution < 1.29 is 4.39 Å². The van der Waals surface area contributed by atoms with Gasteiger partial charge in [-0.2, -0.15) is 5.10 Å². The van der Waals surface area contributed by atoms with E-state index in [2.05, 4.69) is 37.5 Å². The molecule has 0 aliphatic heterocycles. The van der Waals surface area contributed by atoms with Crippen molar-refractivity contribution in [3.63, 3.8) is 0 Å². The van der Waals surface area contributed by atoms with Crippen molar-refractivity contribution in [1.82, 2.24) is 10.2 Å². The number of aryl methyl sites for hydroxylation is 1. The molecule has 0 fully saturated rings. The number of nitrogens with zero attached hydrogens (tertiary/aromatic N) is 1. The quantitative estimate of drug-likeness (QED) is 0.685. The van der Waals surface area contributed by atoms with Crippen LogP contribution in [0.4, 0.5) is 10.1 Å². The summed E-state index contributed by atoms with van der Waals surface area (Å²) in [6, 6.07) is 7.35. The van der Waals surface area contributed by atoms with E-state index in [0.29, 0.717) is 11.0 Å². The summed E-state index contributed by atoms with van der Waals surface area (Å²) in [7, 11) is 0. The molecule has 2 heterocycles. The molecule has 2 aromatic heterocycles. The molecule has 0 saturated heterocycles. The van der Waals surface area contributed by atoms with Crippen molar-refractivity contribution in [2.75, 3.05) is 5.32 Å². The highest BCUT2D eigenvalue weighted by atomic mass is 79.9. The van der Waals surface area contributed by atoms with E-state index in [9.17, 15) is 4.39 Å². The Morgan fingerprint density at radius 3 is 3.05 bits per heavy atom. The Morgan fingerprint density at radius 1 is 1.43 bits per heavy atom. The molecule has 3 aromatic rings. The van der Waals surface area contributed by atoms with Crippen LogP contribution in [0.5, 0.6) is 0 Å². The van der Waals surface area contributed by atoms with Gasteiger partial charge >= 0.3 is 0 Å². The summed E-state index contributed by atoms with van der Waals surface area (Å²) in [5.41, 5.74) is 3.88. The van der Waals surface area contributed by atoms with Crippen LogP contribution in [0.3, 0.4) is 0 Å². The van der Waals surface area contributed by atoms with E-state index in [-0.39, 0.29) is 5.82 Å². The molecule has 0 spiro atoms. The van der Waals surface area contributed by atoms with Gasteiger partial charge in [0.05, 0.1) is 21.2 Å². The lowest BCUT2D eigenvalue weighted by Gasteiger charge is -2.10. The summed E-state index contributed by atoms with van der Waals surface area (Å²) >= 11 is 4.88. The number of anilines is 1. The summed E-state index contributed by atoms with van der Waals surface area (Å²) in [6.45, 7) is 2.51. The number of H-pyrrole nitrogens is 1. The first-order valence-electron chi connectivity index (χ1n) is 6.41. The minimum absolute atomic E-state index is 0.249. The van der Waals surface area contributed by atoms with E-state index in [1.54, 1.807) is 17.4 Å². The molecular formula is C15H13BrFN3S. The van der Waals surface area contributed by atoms with Crippen LogP contribution in [-0.4, -0.2) is 10.2 Å². The van der Waals surface area contributed by atoms with Gasteiger partial charge < -0.3 is 5.32 Å². The average Bonchev–Trinajstić information content (AvgIpc) is 3.11. The summed E-state index contributed by atoms with van der Waals surface area (Å²) in [4.78, 5) is 1.15. The van der Waals surface area contributed by atoms with Crippen molar-refractivity contribution in [3.05, 3.63) is 57.3 Å². The topological polar surface area (TPSA) is 40.7 Å². The number of aromatic nitrogens is 2. The molecule has 0 atom stereocenters. The highest BCUT2D eigenvalue weighted by Crippen LogP contribution is 2.28. The van der Waals surface area contributed by atoms with Crippen LogP contribution in [0.1, 0.15) is 11.1 Å². The summed E-state index contributed by atoms with van der Waals surface area (Å²) in [5, 5.41) is 12.5. The second kappa shape index (κ2) is 5.99. The first-order chi connectivity index (χ1) is 10.1. The maximum Gasteiger partial charge on any atom is 0.137 e. The van der Waals surface area contributed by atoms with Gasteiger partial charge in [0.2, 0.25) is 0 Å². The molecule has 0 saturated carbocycles. The zero-order valence-electron chi connectivity index (χ0n) is 11.3. The van der Waals surface area contributed by atoms with E-state index < -0.39 is 0 Å². The molecular weight excluding hydrogens is 353 g/mol. The second-order valence-electron chi connectivity index (χ2n) is 4.68. The van der Waals surface area contributed by atoms with Crippen LogP contribution < -0.4 is 5.32 Å². The molecule has 3 rings (SSSR count). The monoisotopic (exact) mass is 365 g/mol. The van der Waals surface area contributed by atoms with E-state index >= 15 is 0 Å². The lowest BCUT2D eigenvalue weighted by Crippen LogP contribution is -2.02. The third-order valence-electron chi connectivity index (χ3n) is 3.22. The van der Waals surface area contributed by atoms with E-state index in [1.165, 1.54) is 6.07 Å². The highest BCUT2D eigenvalue weighted by molar-refractivity contribution is 9.10. The van der Waals surface area contributed by atoms with Crippen LogP contribution in [0.25, 0.3) is 10.6 Å². The van der Waals surface area contributed by atoms with Crippen LogP contribution in [0.2, 0.25) is 0 Å². The zero-order chi connectivity index (χ0) is 14.8. The molecule has 2 N–H and O–H groups in total. The normalized spacial score (nSPS) is 10.8. The van der Waals surface area contributed by atoms with Gasteiger partial charge in [0, 0.05) is 17.8 Å². The largest absolute Gasteiger partial charge is 0.381 e. The number of halogens is 2. The van der Waals surface area contributed by atoms with Gasteiger partial charge in [-0.1, -0.05) is 6.07 Å². The highest BCUT2D eigenvalue weighted by Gasteiger charge is 2.10. The van der Waals surface area contributed by atoms with Crippen LogP contribution >= 0.6 is 27.3 Å². The molecule has 108 valence electrons. The third kappa shape index (κ3) is 3.01. The Hall–Kier alpha value is -1.66. The molecule has 21 heavy (non-hydrogen) atoms. The Balaban J connectivity index is 1.80. The number of hydrogen-bond donors (Lipinski definition) is 2. The molecule has 0 radical (unpaired) electrons. The minimum Gasteiger partial charge on any atom is -0.381 e. The fraction of sp³-hybridized carbons (Fsp3) is 0.133. The fourth-order valence-corrected chi connectivity index (χ4v) is 3.21. The predicted octanol–water partition coefficient (Wildman–Crippen LogP) is 4.96. The number of hydrogen-bond acceptors (Lipinski definition) is 3. The van der Waals surface area contributed by atoms with Crippen molar-refractivity contribution in [2.24, 2.45) is 0 Å². The molecule has 3 nitrogen and oxygen atoms in total. The van der Waals surface area contributed by atoms with Gasteiger partial charge in [-0.25, -0.2) is 4.39 Å². The standard InChI is InChI=1S/C15H13BrFN3S/c1-9-5-12(17)11(16)6-13(9)18-7-10-8-19-20-15(10)14-3-2-4-21-14/h2-6,8,18H,7H2,1H3,(H,19,20). The minimum atomic E-state index is -0.249. The van der Waals surface area contributed by atoms with Gasteiger partial charge in [-0.3, -0.25) is 5.10 Å². The first kappa shape index (κ1) is 14.3. The maximum atomic E-state index is 13.4. The van der Waals surface area contributed by atoms with Crippen molar-refractivity contribution in [3.8, 4) is 10.6 Å². The van der Waals surface area contributed by atoms with Crippen LogP contribution in [0.15, 0.2) is 40.3 Å². The Morgan fingerprint density at radius 2 is 2.29 bits per heavy atom. The number of nitrogens with one attached hydrogen (secondary N) is 2. The zero-order valence-corrected chi connectivity index (χ0v) is 13.7. The average molecular weight is 366 g/mol. The maximum absolute atomic E-state index is 13.4. The number of benzene rings is 1. The van der Waals surface area contributed by atoms with E-state index in [0.717, 1.165) is 27.4 Å². The van der Waals surface area contributed by atoms with Gasteiger partial charge in [0.1, 0.15) is 5.82 Å².